The van der Waals surface area contributed by atoms with E-state index in [1.807, 2.05) is 6.92 Å². The second-order valence-corrected chi connectivity index (χ2v) is 4.80. The number of carboxylic acids is 1. The number of aryl methyl sites for hydroxylation is 2. The van der Waals surface area contributed by atoms with Gasteiger partial charge in [0.05, 0.1) is 10.0 Å². The summed E-state index contributed by atoms with van der Waals surface area (Å²) in [6, 6.07) is 6.25. The molecule has 0 bridgehead atoms. The standard InChI is InChI=1S/C13H11BrN2O3/c1-7-5-12(16-8(2)15-7)19-11-6-9(13(17)18)3-4-10(11)14/h3-6H,1-2H3,(H,17,18). The summed E-state index contributed by atoms with van der Waals surface area (Å²) in [5.74, 6) is 0.374. The van der Waals surface area contributed by atoms with Crippen LogP contribution in [0, 0.1) is 13.8 Å². The first kappa shape index (κ1) is 13.5. The molecule has 0 unspecified atom stereocenters. The number of hydrogen-bond donors (Lipinski definition) is 1. The van der Waals surface area contributed by atoms with E-state index in [9.17, 15) is 4.79 Å². The lowest BCUT2D eigenvalue weighted by Gasteiger charge is -2.08. The van der Waals surface area contributed by atoms with E-state index >= 15 is 0 Å². The molecule has 0 amide bonds. The van der Waals surface area contributed by atoms with Crippen molar-refractivity contribution in [1.29, 1.82) is 0 Å². The Morgan fingerprint density at radius 2 is 2.00 bits per heavy atom. The Bertz CT molecular complexity index is 624. The molecule has 0 aliphatic heterocycles. The SMILES string of the molecule is Cc1cc(Oc2cc(C(=O)O)ccc2Br)nc(C)n1. The summed E-state index contributed by atoms with van der Waals surface area (Å²) in [7, 11) is 0. The number of aromatic nitrogens is 2. The average molecular weight is 323 g/mol. The minimum Gasteiger partial charge on any atom is -0.478 e. The van der Waals surface area contributed by atoms with Gasteiger partial charge in [0.2, 0.25) is 5.88 Å². The van der Waals surface area contributed by atoms with Gasteiger partial charge in [0.1, 0.15) is 11.6 Å². The van der Waals surface area contributed by atoms with Gasteiger partial charge in [0.25, 0.3) is 0 Å². The average Bonchev–Trinajstić information content (AvgIpc) is 2.30. The van der Waals surface area contributed by atoms with Crippen LogP contribution in [0.4, 0.5) is 0 Å². The van der Waals surface area contributed by atoms with E-state index < -0.39 is 5.97 Å². The first-order chi connectivity index (χ1) is 8.95. The zero-order valence-electron chi connectivity index (χ0n) is 10.3. The molecular formula is C13H11BrN2O3. The zero-order valence-corrected chi connectivity index (χ0v) is 11.9. The highest BCUT2D eigenvalue weighted by Gasteiger charge is 2.10. The Balaban J connectivity index is 2.37. The highest BCUT2D eigenvalue weighted by molar-refractivity contribution is 9.10. The predicted molar refractivity (Wildman–Crippen MR) is 72.7 cm³/mol. The molecule has 0 aliphatic carbocycles. The summed E-state index contributed by atoms with van der Waals surface area (Å²) in [5, 5.41) is 8.96. The Labute approximate surface area is 118 Å². The van der Waals surface area contributed by atoms with Crippen LogP contribution >= 0.6 is 15.9 Å². The van der Waals surface area contributed by atoms with Gasteiger partial charge in [0.15, 0.2) is 0 Å². The molecule has 1 aromatic heterocycles. The quantitative estimate of drug-likeness (QED) is 0.938. The molecule has 2 rings (SSSR count). The molecule has 1 aromatic carbocycles. The number of nitrogens with zero attached hydrogens (tertiary/aromatic N) is 2. The van der Waals surface area contributed by atoms with E-state index in [1.54, 1.807) is 19.1 Å². The van der Waals surface area contributed by atoms with E-state index in [1.165, 1.54) is 12.1 Å². The topological polar surface area (TPSA) is 72.3 Å². The van der Waals surface area contributed by atoms with Crippen molar-refractivity contribution in [2.75, 3.05) is 0 Å². The summed E-state index contributed by atoms with van der Waals surface area (Å²) < 4.78 is 6.26. The maximum absolute atomic E-state index is 10.9. The first-order valence-electron chi connectivity index (χ1n) is 5.48. The van der Waals surface area contributed by atoms with Crippen molar-refractivity contribution in [2.24, 2.45) is 0 Å². The van der Waals surface area contributed by atoms with Crippen molar-refractivity contribution in [2.45, 2.75) is 13.8 Å². The number of benzene rings is 1. The highest BCUT2D eigenvalue weighted by Crippen LogP contribution is 2.30. The van der Waals surface area contributed by atoms with E-state index in [0.717, 1.165) is 5.69 Å². The molecule has 19 heavy (non-hydrogen) atoms. The van der Waals surface area contributed by atoms with E-state index in [-0.39, 0.29) is 5.56 Å². The summed E-state index contributed by atoms with van der Waals surface area (Å²) in [6.45, 7) is 3.60. The van der Waals surface area contributed by atoms with Gasteiger partial charge in [0, 0.05) is 11.8 Å². The molecule has 0 radical (unpaired) electrons. The monoisotopic (exact) mass is 322 g/mol. The van der Waals surface area contributed by atoms with Crippen LogP contribution in [0.25, 0.3) is 0 Å². The van der Waals surface area contributed by atoms with Crippen molar-refractivity contribution >= 4 is 21.9 Å². The lowest BCUT2D eigenvalue weighted by Crippen LogP contribution is -1.99. The number of carbonyl (C=O) groups is 1. The van der Waals surface area contributed by atoms with Crippen LogP contribution in [0.15, 0.2) is 28.7 Å². The van der Waals surface area contributed by atoms with Gasteiger partial charge in [-0.1, -0.05) is 0 Å². The maximum atomic E-state index is 10.9. The molecule has 1 heterocycles. The zero-order chi connectivity index (χ0) is 14.0. The van der Waals surface area contributed by atoms with E-state index in [2.05, 4.69) is 25.9 Å². The third-order valence-corrected chi connectivity index (χ3v) is 2.99. The van der Waals surface area contributed by atoms with E-state index in [0.29, 0.717) is 21.9 Å². The minimum absolute atomic E-state index is 0.153. The highest BCUT2D eigenvalue weighted by atomic mass is 79.9. The molecule has 0 atom stereocenters. The summed E-state index contributed by atoms with van der Waals surface area (Å²) in [4.78, 5) is 19.2. The molecular weight excluding hydrogens is 312 g/mol. The Kier molecular flexibility index (Phi) is 3.80. The van der Waals surface area contributed by atoms with Gasteiger partial charge in [-0.2, -0.15) is 4.98 Å². The normalized spacial score (nSPS) is 10.3. The second kappa shape index (κ2) is 5.36. The van der Waals surface area contributed by atoms with Crippen LogP contribution in [0.3, 0.4) is 0 Å². The van der Waals surface area contributed by atoms with Crippen LogP contribution in [0.2, 0.25) is 0 Å². The third-order valence-electron chi connectivity index (χ3n) is 2.34. The third kappa shape index (κ3) is 3.29. The van der Waals surface area contributed by atoms with Crippen molar-refractivity contribution in [1.82, 2.24) is 9.97 Å². The molecule has 6 heteroatoms. The lowest BCUT2D eigenvalue weighted by atomic mass is 10.2. The molecule has 0 saturated heterocycles. The minimum atomic E-state index is -1.01. The Hall–Kier alpha value is -1.95. The van der Waals surface area contributed by atoms with Crippen LogP contribution < -0.4 is 4.74 Å². The van der Waals surface area contributed by atoms with Crippen LogP contribution in [-0.4, -0.2) is 21.0 Å². The molecule has 0 fully saturated rings. The number of rotatable bonds is 3. The number of ether oxygens (including phenoxy) is 1. The second-order valence-electron chi connectivity index (χ2n) is 3.95. The van der Waals surface area contributed by atoms with Crippen molar-refractivity contribution in [3.05, 3.63) is 45.8 Å². The summed E-state index contributed by atoms with van der Waals surface area (Å²) in [6.07, 6.45) is 0. The smallest absolute Gasteiger partial charge is 0.335 e. The van der Waals surface area contributed by atoms with Gasteiger partial charge in [-0.25, -0.2) is 9.78 Å². The van der Waals surface area contributed by atoms with Gasteiger partial charge < -0.3 is 9.84 Å². The van der Waals surface area contributed by atoms with Crippen molar-refractivity contribution < 1.29 is 14.6 Å². The fourth-order valence-corrected chi connectivity index (χ4v) is 1.89. The molecule has 5 nitrogen and oxygen atoms in total. The maximum Gasteiger partial charge on any atom is 0.335 e. The van der Waals surface area contributed by atoms with Crippen molar-refractivity contribution in [3.63, 3.8) is 0 Å². The van der Waals surface area contributed by atoms with E-state index in [4.69, 9.17) is 9.84 Å². The molecule has 1 N–H and O–H groups in total. The summed E-state index contributed by atoms with van der Waals surface area (Å²) >= 11 is 3.31. The number of aromatic carboxylic acids is 1. The molecule has 98 valence electrons. The summed E-state index contributed by atoms with van der Waals surface area (Å²) in [5.41, 5.74) is 0.939. The first-order valence-corrected chi connectivity index (χ1v) is 6.28. The number of hydrogen-bond acceptors (Lipinski definition) is 4. The Morgan fingerprint density at radius 3 is 2.63 bits per heavy atom. The van der Waals surface area contributed by atoms with Crippen LogP contribution in [-0.2, 0) is 0 Å². The number of carboxylic acid groups (broad SMARTS) is 1. The number of halogens is 1. The van der Waals surface area contributed by atoms with Gasteiger partial charge in [-0.05, 0) is 48.0 Å². The fraction of sp³-hybridized carbons (Fsp3) is 0.154. The lowest BCUT2D eigenvalue weighted by molar-refractivity contribution is 0.0696. The van der Waals surface area contributed by atoms with Crippen LogP contribution in [0.1, 0.15) is 21.9 Å². The van der Waals surface area contributed by atoms with Gasteiger partial charge in [-0.15, -0.1) is 0 Å². The molecule has 2 aromatic rings. The largest absolute Gasteiger partial charge is 0.478 e. The van der Waals surface area contributed by atoms with Gasteiger partial charge >= 0.3 is 5.97 Å². The van der Waals surface area contributed by atoms with Gasteiger partial charge in [-0.3, -0.25) is 0 Å². The predicted octanol–water partition coefficient (Wildman–Crippen LogP) is 3.35. The molecule has 0 aliphatic rings. The molecule has 0 spiro atoms. The van der Waals surface area contributed by atoms with Crippen molar-refractivity contribution in [3.8, 4) is 11.6 Å². The Morgan fingerprint density at radius 1 is 1.26 bits per heavy atom. The van der Waals surface area contributed by atoms with Crippen LogP contribution in [0.5, 0.6) is 11.6 Å². The molecule has 0 saturated carbocycles. The fourth-order valence-electron chi connectivity index (χ4n) is 1.56.